The summed E-state index contributed by atoms with van der Waals surface area (Å²) >= 11 is 0. The van der Waals surface area contributed by atoms with Crippen molar-refractivity contribution in [3.63, 3.8) is 0 Å². The summed E-state index contributed by atoms with van der Waals surface area (Å²) in [6.45, 7) is 43.5. The van der Waals surface area contributed by atoms with Crippen molar-refractivity contribution < 1.29 is 0 Å². The van der Waals surface area contributed by atoms with E-state index in [-0.39, 0.29) is 0 Å². The predicted molar refractivity (Wildman–Crippen MR) is 393 cm³/mol. The van der Waals surface area contributed by atoms with Crippen LogP contribution in [0.25, 0.3) is 21.8 Å². The zero-order valence-corrected chi connectivity index (χ0v) is 60.5. The highest BCUT2D eigenvalue weighted by molar-refractivity contribution is 5.82. The molecule has 0 aliphatic heterocycles. The summed E-state index contributed by atoms with van der Waals surface area (Å²) in [5.74, 6) is 3.22. The van der Waals surface area contributed by atoms with E-state index in [1.165, 1.54) is 44.9 Å². The van der Waals surface area contributed by atoms with Crippen LogP contribution in [0.1, 0.15) is 125 Å². The fourth-order valence-electron chi connectivity index (χ4n) is 7.90. The summed E-state index contributed by atoms with van der Waals surface area (Å²) in [5, 5.41) is 2.48. The first-order valence-electron chi connectivity index (χ1n) is 31.5. The monoisotopic (exact) mass is 1280 g/mol. The molecule has 0 bridgehead atoms. The molecule has 96 heavy (non-hydrogen) atoms. The Morgan fingerprint density at radius 3 is 1.21 bits per heavy atom. The van der Waals surface area contributed by atoms with Gasteiger partial charge in [0.2, 0.25) is 0 Å². The lowest BCUT2D eigenvalue weighted by Gasteiger charge is -2.01. The maximum Gasteiger partial charge on any atom is 0.129 e. The highest BCUT2D eigenvalue weighted by atomic mass is 15.0. The molecule has 0 aliphatic carbocycles. The SMILES string of the molecule is Cc1cc(C)c2ccccc2n1.Cc1ccc(C)nc1.Cc1ccc2nc(C)ccc2c1.Cc1cccc(C)n1.Cc1cccnc1C.Cc1ccnc(C)c1.Cc1ccnc(C)n1.Cc1cnc(C)cn1.Cc1cnc(C)nc1.Cc1cncc(C)n1.Cc1ncnc(C)n1. The van der Waals surface area contributed by atoms with Crippen molar-refractivity contribution >= 4 is 21.8 Å². The van der Waals surface area contributed by atoms with E-state index in [1.807, 2.05) is 216 Å². The third-order valence-electron chi connectivity index (χ3n) is 12.9. The lowest BCUT2D eigenvalue weighted by Crippen LogP contribution is -1.91. The van der Waals surface area contributed by atoms with E-state index in [4.69, 9.17) is 0 Å². The largest absolute Gasteiger partial charge is 0.262 e. The van der Waals surface area contributed by atoms with Crippen LogP contribution in [-0.4, -0.2) is 84.7 Å². The fraction of sp³-hybridized carbons (Fsp3) is 0.278. The van der Waals surface area contributed by atoms with E-state index in [9.17, 15) is 0 Å². The Morgan fingerprint density at radius 1 is 0.229 bits per heavy atom. The fourth-order valence-corrected chi connectivity index (χ4v) is 7.90. The lowest BCUT2D eigenvalue weighted by atomic mass is 10.1. The highest BCUT2D eigenvalue weighted by Crippen LogP contribution is 2.17. The Bertz CT molecular complexity index is 3760. The van der Waals surface area contributed by atoms with Gasteiger partial charge in [-0.05, 0) is 253 Å². The smallest absolute Gasteiger partial charge is 0.129 e. The molecule has 0 fully saturated rings. The summed E-state index contributed by atoms with van der Waals surface area (Å²) in [7, 11) is 0. The first kappa shape index (κ1) is 79.4. The molecule has 17 heteroatoms. The molecule has 0 unspecified atom stereocenters. The van der Waals surface area contributed by atoms with Crippen molar-refractivity contribution in [3.05, 3.63) is 315 Å². The molecular formula is C79H97N17. The van der Waals surface area contributed by atoms with Gasteiger partial charge >= 0.3 is 0 Å². The predicted octanol–water partition coefficient (Wildman–Crippen LogP) is 17.4. The zero-order valence-electron chi connectivity index (χ0n) is 60.5. The van der Waals surface area contributed by atoms with E-state index in [0.29, 0.717) is 0 Å². The van der Waals surface area contributed by atoms with Crippen LogP contribution < -0.4 is 0 Å². The topological polar surface area (TPSA) is 219 Å². The van der Waals surface area contributed by atoms with Gasteiger partial charge in [-0.15, -0.1) is 0 Å². The first-order chi connectivity index (χ1) is 45.6. The maximum absolute atomic E-state index is 4.44. The van der Waals surface area contributed by atoms with Gasteiger partial charge in [-0.1, -0.05) is 54.1 Å². The number of hydrogen-bond acceptors (Lipinski definition) is 17. The first-order valence-corrected chi connectivity index (χ1v) is 31.5. The van der Waals surface area contributed by atoms with Gasteiger partial charge in [0.15, 0.2) is 0 Å². The highest BCUT2D eigenvalue weighted by Gasteiger charge is 1.98. The Balaban J connectivity index is 0.000000276. The van der Waals surface area contributed by atoms with Crippen LogP contribution in [0.5, 0.6) is 0 Å². The second-order valence-corrected chi connectivity index (χ2v) is 22.8. The standard InChI is InChI=1S/2C11H11N.4C7H9N.4C6H8N2.C5H7N3/c1-8-3-6-11-10(7-8)5-4-9(2)12-11;1-8-7-9(2)12-11-6-4-3-5-10(8)11;1-6-3-4-8-7(2)5-6;1-6-3-4-7(2)8-5-6;1-6-4-3-5-8-7(6)2;1-6-4-3-5-7(2)8-6;1-5-3-8-6(2)4-7-5;1-5-3-7-4-6(2)8-5;1-5-3-7-6(2)8-4-5;1-5-3-4-7-6(2)8-5;1-4-6-3-7-5(2)8-4/h2*3-7H,1-2H3;4*3-5H,1-2H3;4*3-4H,1-2H3;3H,1-2H3. The molecular weight excluding hydrogens is 1190 g/mol. The Kier molecular flexibility index (Phi) is 36.3. The summed E-state index contributed by atoms with van der Waals surface area (Å²) in [6.07, 6.45) is 19.4. The van der Waals surface area contributed by atoms with Crippen LogP contribution in [0.2, 0.25) is 0 Å². The third-order valence-corrected chi connectivity index (χ3v) is 12.9. The summed E-state index contributed by atoms with van der Waals surface area (Å²) in [4.78, 5) is 68.8. The molecule has 11 heterocycles. The average molecular weight is 1280 g/mol. The van der Waals surface area contributed by atoms with E-state index < -0.39 is 0 Å². The number of aryl methyl sites for hydroxylation is 22. The quantitative estimate of drug-likeness (QED) is 0.138. The van der Waals surface area contributed by atoms with Crippen molar-refractivity contribution in [2.45, 2.75) is 152 Å². The van der Waals surface area contributed by atoms with Gasteiger partial charge in [0.05, 0.1) is 33.8 Å². The molecule has 17 nitrogen and oxygen atoms in total. The molecule has 2 aromatic carbocycles. The molecule has 11 aromatic heterocycles. The number of benzene rings is 2. The average Bonchev–Trinajstić information content (AvgIpc) is 0.855. The van der Waals surface area contributed by atoms with Crippen LogP contribution in [0.4, 0.5) is 0 Å². The second-order valence-electron chi connectivity index (χ2n) is 22.8. The lowest BCUT2D eigenvalue weighted by molar-refractivity contribution is 0.920. The van der Waals surface area contributed by atoms with Gasteiger partial charge in [-0.25, -0.2) is 34.9 Å². The third kappa shape index (κ3) is 35.9. The van der Waals surface area contributed by atoms with E-state index in [2.05, 4.69) is 173 Å². The van der Waals surface area contributed by atoms with Crippen molar-refractivity contribution in [1.82, 2.24) is 84.7 Å². The number of fused-ring (bicyclic) bond motifs is 2. The molecule has 0 aliphatic rings. The minimum absolute atomic E-state index is 0.775. The van der Waals surface area contributed by atoms with Crippen molar-refractivity contribution in [3.8, 4) is 0 Å². The molecule has 0 radical (unpaired) electrons. The summed E-state index contributed by atoms with van der Waals surface area (Å²) in [6, 6.07) is 40.8. The van der Waals surface area contributed by atoms with Crippen LogP contribution in [-0.2, 0) is 0 Å². The molecule has 0 atom stereocenters. The Hall–Kier alpha value is -10.8. The van der Waals surface area contributed by atoms with Crippen LogP contribution in [0, 0.1) is 152 Å². The molecule has 0 saturated heterocycles. The van der Waals surface area contributed by atoms with E-state index in [1.54, 1.807) is 31.0 Å². The van der Waals surface area contributed by atoms with Gasteiger partial charge in [-0.2, -0.15) is 0 Å². The van der Waals surface area contributed by atoms with Gasteiger partial charge < -0.3 is 0 Å². The number of hydrogen-bond donors (Lipinski definition) is 0. The number of para-hydroxylation sites is 1. The minimum atomic E-state index is 0.775. The Morgan fingerprint density at radius 2 is 0.760 bits per heavy atom. The van der Waals surface area contributed by atoms with Gasteiger partial charge in [-0.3, -0.25) is 49.8 Å². The molecule has 0 amide bonds. The molecule has 13 aromatic rings. The zero-order chi connectivity index (χ0) is 71.0. The second kappa shape index (κ2) is 43.9. The molecule has 13 rings (SSSR count). The molecule has 0 N–H and O–H groups in total. The normalized spacial score (nSPS) is 9.56. The Labute approximate surface area is 570 Å². The van der Waals surface area contributed by atoms with E-state index >= 15 is 0 Å². The van der Waals surface area contributed by atoms with Crippen LogP contribution >= 0.6 is 0 Å². The summed E-state index contributed by atoms with van der Waals surface area (Å²) in [5.41, 5.74) is 22.2. The number of pyridine rings is 6. The van der Waals surface area contributed by atoms with Crippen molar-refractivity contribution in [1.29, 1.82) is 0 Å². The van der Waals surface area contributed by atoms with Crippen molar-refractivity contribution in [2.75, 3.05) is 0 Å². The minimum Gasteiger partial charge on any atom is -0.262 e. The number of rotatable bonds is 0. The molecule has 498 valence electrons. The van der Waals surface area contributed by atoms with E-state index in [0.717, 1.165) is 108 Å². The number of nitrogens with zero attached hydrogens (tertiary/aromatic N) is 17. The molecule has 0 saturated carbocycles. The summed E-state index contributed by atoms with van der Waals surface area (Å²) < 4.78 is 0. The maximum atomic E-state index is 4.44. The van der Waals surface area contributed by atoms with Crippen LogP contribution in [0.3, 0.4) is 0 Å². The van der Waals surface area contributed by atoms with Gasteiger partial charge in [0.1, 0.15) is 29.6 Å². The molecule has 0 spiro atoms. The van der Waals surface area contributed by atoms with Gasteiger partial charge in [0, 0.05) is 118 Å². The van der Waals surface area contributed by atoms with Crippen molar-refractivity contribution in [2.24, 2.45) is 0 Å². The number of aromatic nitrogens is 17. The van der Waals surface area contributed by atoms with Crippen LogP contribution in [0.15, 0.2) is 190 Å². The van der Waals surface area contributed by atoms with Gasteiger partial charge in [0.25, 0.3) is 0 Å².